The van der Waals surface area contributed by atoms with Crippen molar-refractivity contribution in [2.75, 3.05) is 11.4 Å². The lowest BCUT2D eigenvalue weighted by molar-refractivity contribution is -0.111. The highest BCUT2D eigenvalue weighted by Crippen LogP contribution is 2.22. The normalized spacial score (nSPS) is 11.3. The fraction of sp³-hybridized carbons (Fsp3) is 0.167. The van der Waals surface area contributed by atoms with Gasteiger partial charge in [-0.1, -0.05) is 46.3 Å². The van der Waals surface area contributed by atoms with Crippen molar-refractivity contribution in [1.82, 2.24) is 0 Å². The Balaban J connectivity index is 2.40. The fourth-order valence-electron chi connectivity index (χ4n) is 2.12. The molecule has 0 aliphatic rings. The standard InChI is InChI=1S/C18H18BrNO/c1-3-20(17-11-9-16(19)10-12-17)13-18(14(2)21)15-7-5-4-6-8-15/h4-13H,3H2,1-2H3/b18-13+. The first-order chi connectivity index (χ1) is 10.1. The summed E-state index contributed by atoms with van der Waals surface area (Å²) in [6.07, 6.45) is 1.93. The van der Waals surface area contributed by atoms with Gasteiger partial charge in [-0.25, -0.2) is 0 Å². The second-order valence-electron chi connectivity index (χ2n) is 4.73. The summed E-state index contributed by atoms with van der Waals surface area (Å²) < 4.78 is 1.04. The van der Waals surface area contributed by atoms with Crippen molar-refractivity contribution in [3.63, 3.8) is 0 Å². The number of rotatable bonds is 5. The van der Waals surface area contributed by atoms with E-state index in [0.717, 1.165) is 27.8 Å². The average Bonchev–Trinajstić information content (AvgIpc) is 2.50. The molecule has 0 atom stereocenters. The Morgan fingerprint density at radius 2 is 1.71 bits per heavy atom. The number of halogens is 1. The van der Waals surface area contributed by atoms with Gasteiger partial charge in [-0.15, -0.1) is 0 Å². The molecule has 0 amide bonds. The SMILES string of the molecule is CCN(/C=C(\C(C)=O)c1ccccc1)c1ccc(Br)cc1. The van der Waals surface area contributed by atoms with Crippen LogP contribution in [0.15, 0.2) is 65.3 Å². The maximum absolute atomic E-state index is 12.0. The van der Waals surface area contributed by atoms with E-state index in [-0.39, 0.29) is 5.78 Å². The summed E-state index contributed by atoms with van der Waals surface area (Å²) >= 11 is 3.44. The number of anilines is 1. The van der Waals surface area contributed by atoms with E-state index in [1.807, 2.05) is 60.8 Å². The molecule has 0 aromatic heterocycles. The number of benzene rings is 2. The van der Waals surface area contributed by atoms with E-state index >= 15 is 0 Å². The van der Waals surface area contributed by atoms with Crippen molar-refractivity contribution in [3.05, 3.63) is 70.8 Å². The van der Waals surface area contributed by atoms with Gasteiger partial charge in [0.25, 0.3) is 0 Å². The number of carbonyl (C=O) groups is 1. The van der Waals surface area contributed by atoms with E-state index in [9.17, 15) is 4.79 Å². The van der Waals surface area contributed by atoms with Gasteiger partial charge in [0.15, 0.2) is 5.78 Å². The molecule has 0 aliphatic carbocycles. The summed E-state index contributed by atoms with van der Waals surface area (Å²) in [6, 6.07) is 17.8. The van der Waals surface area contributed by atoms with Gasteiger partial charge in [0.2, 0.25) is 0 Å². The minimum atomic E-state index is 0.0664. The van der Waals surface area contributed by atoms with Crippen molar-refractivity contribution in [2.45, 2.75) is 13.8 Å². The minimum Gasteiger partial charge on any atom is -0.348 e. The summed E-state index contributed by atoms with van der Waals surface area (Å²) in [4.78, 5) is 14.1. The first-order valence-corrected chi connectivity index (χ1v) is 7.71. The smallest absolute Gasteiger partial charge is 0.161 e. The molecule has 2 nitrogen and oxygen atoms in total. The summed E-state index contributed by atoms with van der Waals surface area (Å²) in [5.74, 6) is 0.0664. The van der Waals surface area contributed by atoms with Gasteiger partial charge in [0, 0.05) is 28.5 Å². The molecule has 0 N–H and O–H groups in total. The van der Waals surface area contributed by atoms with E-state index in [1.165, 1.54) is 0 Å². The zero-order chi connectivity index (χ0) is 15.2. The van der Waals surface area contributed by atoms with Crippen molar-refractivity contribution in [1.29, 1.82) is 0 Å². The monoisotopic (exact) mass is 343 g/mol. The van der Waals surface area contributed by atoms with Crippen LogP contribution in [0, 0.1) is 0 Å². The first-order valence-electron chi connectivity index (χ1n) is 6.92. The zero-order valence-corrected chi connectivity index (χ0v) is 13.8. The molecule has 0 saturated carbocycles. The van der Waals surface area contributed by atoms with Gasteiger partial charge in [0.05, 0.1) is 0 Å². The Morgan fingerprint density at radius 1 is 1.10 bits per heavy atom. The van der Waals surface area contributed by atoms with Crippen molar-refractivity contribution >= 4 is 33.0 Å². The summed E-state index contributed by atoms with van der Waals surface area (Å²) in [7, 11) is 0. The van der Waals surface area contributed by atoms with Crippen molar-refractivity contribution in [3.8, 4) is 0 Å². The van der Waals surface area contributed by atoms with E-state index in [1.54, 1.807) is 6.92 Å². The molecular weight excluding hydrogens is 326 g/mol. The van der Waals surface area contributed by atoms with Crippen LogP contribution in [0.5, 0.6) is 0 Å². The van der Waals surface area contributed by atoms with Gasteiger partial charge >= 0.3 is 0 Å². The van der Waals surface area contributed by atoms with Crippen LogP contribution in [-0.4, -0.2) is 12.3 Å². The molecule has 0 aliphatic heterocycles. The Labute approximate surface area is 134 Å². The molecule has 0 heterocycles. The molecule has 0 saturated heterocycles. The Bertz CT molecular complexity index is 632. The third-order valence-corrected chi connectivity index (χ3v) is 3.78. The van der Waals surface area contributed by atoms with Crippen molar-refractivity contribution < 1.29 is 4.79 Å². The molecule has 2 rings (SSSR count). The van der Waals surface area contributed by atoms with Crippen LogP contribution >= 0.6 is 15.9 Å². The minimum absolute atomic E-state index is 0.0664. The molecule has 0 spiro atoms. The Kier molecular flexibility index (Phi) is 5.34. The molecule has 2 aromatic rings. The number of Topliss-reactive ketones (excluding diaryl/α,β-unsaturated/α-hetero) is 1. The largest absolute Gasteiger partial charge is 0.348 e. The molecule has 3 heteroatoms. The van der Waals surface area contributed by atoms with Gasteiger partial charge in [0.1, 0.15) is 0 Å². The number of allylic oxidation sites excluding steroid dienone is 1. The molecule has 0 radical (unpaired) electrons. The van der Waals surface area contributed by atoms with Gasteiger partial charge in [-0.2, -0.15) is 0 Å². The van der Waals surface area contributed by atoms with Crippen LogP contribution in [0.3, 0.4) is 0 Å². The molecule has 21 heavy (non-hydrogen) atoms. The van der Waals surface area contributed by atoms with Crippen LogP contribution in [-0.2, 0) is 4.79 Å². The number of hydrogen-bond donors (Lipinski definition) is 0. The van der Waals surface area contributed by atoms with Gasteiger partial charge in [-0.05, 0) is 43.7 Å². The van der Waals surface area contributed by atoms with E-state index in [4.69, 9.17) is 0 Å². The van der Waals surface area contributed by atoms with Crippen LogP contribution in [0.2, 0.25) is 0 Å². The average molecular weight is 344 g/mol. The highest BCUT2D eigenvalue weighted by atomic mass is 79.9. The second kappa shape index (κ2) is 7.23. The lowest BCUT2D eigenvalue weighted by Gasteiger charge is -2.20. The number of ketones is 1. The topological polar surface area (TPSA) is 20.3 Å². The maximum Gasteiger partial charge on any atom is 0.161 e. The Hall–Kier alpha value is -1.87. The van der Waals surface area contributed by atoms with E-state index in [2.05, 4.69) is 27.8 Å². The third-order valence-electron chi connectivity index (χ3n) is 3.25. The molecule has 0 bridgehead atoms. The summed E-state index contributed by atoms with van der Waals surface area (Å²) in [5.41, 5.74) is 2.73. The zero-order valence-electron chi connectivity index (χ0n) is 12.2. The quantitative estimate of drug-likeness (QED) is 0.719. The third kappa shape index (κ3) is 4.05. The summed E-state index contributed by atoms with van der Waals surface area (Å²) in [5, 5.41) is 0. The molecular formula is C18H18BrNO. The second-order valence-corrected chi connectivity index (χ2v) is 5.64. The number of carbonyl (C=O) groups excluding carboxylic acids is 1. The van der Waals surface area contributed by atoms with Gasteiger partial charge < -0.3 is 4.90 Å². The lowest BCUT2D eigenvalue weighted by Crippen LogP contribution is -2.17. The predicted octanol–water partition coefficient (Wildman–Crippen LogP) is 4.91. The van der Waals surface area contributed by atoms with Crippen molar-refractivity contribution in [2.24, 2.45) is 0 Å². The van der Waals surface area contributed by atoms with E-state index < -0.39 is 0 Å². The van der Waals surface area contributed by atoms with Crippen LogP contribution in [0.25, 0.3) is 5.57 Å². The molecule has 0 unspecified atom stereocenters. The number of nitrogens with zero attached hydrogens (tertiary/aromatic N) is 1. The highest BCUT2D eigenvalue weighted by Gasteiger charge is 2.10. The lowest BCUT2D eigenvalue weighted by atomic mass is 10.0. The van der Waals surface area contributed by atoms with Crippen LogP contribution in [0.1, 0.15) is 19.4 Å². The highest BCUT2D eigenvalue weighted by molar-refractivity contribution is 9.10. The summed E-state index contributed by atoms with van der Waals surface area (Å²) in [6.45, 7) is 4.47. The molecule has 108 valence electrons. The van der Waals surface area contributed by atoms with Crippen LogP contribution < -0.4 is 4.90 Å². The molecule has 0 fully saturated rings. The first kappa shape index (κ1) is 15.5. The molecule has 2 aromatic carbocycles. The number of hydrogen-bond acceptors (Lipinski definition) is 2. The fourth-order valence-corrected chi connectivity index (χ4v) is 2.39. The predicted molar refractivity (Wildman–Crippen MR) is 92.3 cm³/mol. The van der Waals surface area contributed by atoms with E-state index in [0.29, 0.717) is 0 Å². The Morgan fingerprint density at radius 3 is 2.24 bits per heavy atom. The van der Waals surface area contributed by atoms with Gasteiger partial charge in [-0.3, -0.25) is 4.79 Å². The van der Waals surface area contributed by atoms with Crippen LogP contribution in [0.4, 0.5) is 5.69 Å². The maximum atomic E-state index is 12.0.